The van der Waals surface area contributed by atoms with Gasteiger partial charge in [-0.25, -0.2) is 0 Å². The van der Waals surface area contributed by atoms with Crippen LogP contribution in [0.15, 0.2) is 30.3 Å². The number of hydrogen-bond donors (Lipinski definition) is 0. The lowest BCUT2D eigenvalue weighted by Gasteiger charge is -2.37. The van der Waals surface area contributed by atoms with E-state index in [1.165, 1.54) is 11.1 Å². The minimum atomic E-state index is -0.519. The number of Topliss-reactive ketones (excluding diaryl/α,β-unsaturated/α-hetero) is 2. The molecule has 2 aliphatic rings. The molecule has 2 heteroatoms. The van der Waals surface area contributed by atoms with Gasteiger partial charge in [-0.15, -0.1) is 0 Å². The van der Waals surface area contributed by atoms with Crippen LogP contribution in [0, 0.1) is 11.3 Å². The molecule has 1 saturated carbocycles. The van der Waals surface area contributed by atoms with Crippen molar-refractivity contribution < 1.29 is 9.59 Å². The van der Waals surface area contributed by atoms with Gasteiger partial charge in [0.25, 0.3) is 0 Å². The Bertz CT molecular complexity index is 599. The minimum Gasteiger partial charge on any atom is -0.291 e. The number of allylic oxidation sites excluding steroid dienone is 1. The number of ketones is 2. The van der Waals surface area contributed by atoms with Crippen molar-refractivity contribution >= 4 is 17.6 Å². The summed E-state index contributed by atoms with van der Waals surface area (Å²) in [5.74, 6) is -0.0735. The summed E-state index contributed by atoms with van der Waals surface area (Å²) in [5.41, 5.74) is 1.87. The molecule has 104 valence electrons. The zero-order chi connectivity index (χ0) is 14.3. The molecule has 3 atom stereocenters. The topological polar surface area (TPSA) is 34.1 Å². The maximum Gasteiger partial charge on any atom is 0.205 e. The lowest BCUT2D eigenvalue weighted by Crippen LogP contribution is -2.38. The molecule has 1 fully saturated rings. The van der Waals surface area contributed by atoms with Gasteiger partial charge in [-0.05, 0) is 23.5 Å². The van der Waals surface area contributed by atoms with Crippen LogP contribution in [0.5, 0.6) is 0 Å². The Balaban J connectivity index is 2.13. The molecule has 0 aliphatic heterocycles. The molecule has 1 aromatic carbocycles. The zero-order valence-corrected chi connectivity index (χ0v) is 12.1. The number of benzene rings is 1. The van der Waals surface area contributed by atoms with Crippen molar-refractivity contribution in [3.8, 4) is 0 Å². The van der Waals surface area contributed by atoms with Crippen LogP contribution in [0.4, 0.5) is 0 Å². The zero-order valence-electron chi connectivity index (χ0n) is 12.1. The number of rotatable bonds is 3. The third kappa shape index (κ3) is 1.57. The molecule has 2 nitrogen and oxygen atoms in total. The monoisotopic (exact) mass is 268 g/mol. The van der Waals surface area contributed by atoms with Crippen molar-refractivity contribution in [1.82, 2.24) is 0 Å². The summed E-state index contributed by atoms with van der Waals surface area (Å²) in [6, 6.07) is 8.21. The van der Waals surface area contributed by atoms with E-state index in [2.05, 4.69) is 31.2 Å². The Kier molecular flexibility index (Phi) is 3.12. The number of carbonyl (C=O) groups is 2. The highest BCUT2D eigenvalue weighted by Crippen LogP contribution is 2.55. The molecule has 0 amide bonds. The number of carbonyl (C=O) groups excluding carboxylic acids is 2. The summed E-state index contributed by atoms with van der Waals surface area (Å²) in [5, 5.41) is 0. The van der Waals surface area contributed by atoms with E-state index in [9.17, 15) is 9.59 Å². The van der Waals surface area contributed by atoms with Gasteiger partial charge in [0.15, 0.2) is 5.78 Å². The molecule has 20 heavy (non-hydrogen) atoms. The molecule has 0 aromatic heterocycles. The van der Waals surface area contributed by atoms with Crippen LogP contribution in [-0.4, -0.2) is 11.6 Å². The highest BCUT2D eigenvalue weighted by atomic mass is 16.2. The van der Waals surface area contributed by atoms with Gasteiger partial charge in [0.05, 0.1) is 5.41 Å². The molecular formula is C18H20O2. The van der Waals surface area contributed by atoms with Crippen LogP contribution in [0.1, 0.15) is 50.2 Å². The average Bonchev–Trinajstić information content (AvgIpc) is 3.00. The van der Waals surface area contributed by atoms with E-state index in [0.29, 0.717) is 6.42 Å². The van der Waals surface area contributed by atoms with Gasteiger partial charge in [0, 0.05) is 12.3 Å². The molecule has 3 rings (SSSR count). The van der Waals surface area contributed by atoms with Gasteiger partial charge < -0.3 is 0 Å². The van der Waals surface area contributed by atoms with Crippen molar-refractivity contribution in [1.29, 1.82) is 0 Å². The summed E-state index contributed by atoms with van der Waals surface area (Å²) in [6.07, 6.45) is 6.28. The molecule has 0 N–H and O–H groups in total. The lowest BCUT2D eigenvalue weighted by atomic mass is 9.63. The fourth-order valence-corrected chi connectivity index (χ4v) is 4.22. The first-order chi connectivity index (χ1) is 9.65. The van der Waals surface area contributed by atoms with E-state index in [1.54, 1.807) is 0 Å². The van der Waals surface area contributed by atoms with Crippen LogP contribution in [0.3, 0.4) is 0 Å². The molecule has 0 radical (unpaired) electrons. The normalized spacial score (nSPS) is 31.9. The molecule has 1 aromatic rings. The van der Waals surface area contributed by atoms with Gasteiger partial charge in [0.1, 0.15) is 0 Å². The Morgan fingerprint density at radius 1 is 1.20 bits per heavy atom. The van der Waals surface area contributed by atoms with Crippen molar-refractivity contribution in [2.45, 2.75) is 39.0 Å². The Morgan fingerprint density at radius 2 is 1.95 bits per heavy atom. The molecule has 0 spiro atoms. The van der Waals surface area contributed by atoms with Crippen molar-refractivity contribution in [2.24, 2.45) is 11.3 Å². The predicted molar refractivity (Wildman–Crippen MR) is 79.4 cm³/mol. The molecular weight excluding hydrogens is 248 g/mol. The first-order valence-electron chi connectivity index (χ1n) is 7.49. The van der Waals surface area contributed by atoms with E-state index in [0.717, 1.165) is 12.8 Å². The van der Waals surface area contributed by atoms with Crippen LogP contribution in [0.25, 0.3) is 6.08 Å². The smallest absolute Gasteiger partial charge is 0.205 e. The van der Waals surface area contributed by atoms with Gasteiger partial charge in [0.2, 0.25) is 5.78 Å². The minimum absolute atomic E-state index is 0.0626. The largest absolute Gasteiger partial charge is 0.291 e. The predicted octanol–water partition coefficient (Wildman–Crippen LogP) is 3.76. The molecule has 3 unspecified atom stereocenters. The van der Waals surface area contributed by atoms with Gasteiger partial charge in [-0.1, -0.05) is 56.7 Å². The lowest BCUT2D eigenvalue weighted by molar-refractivity contribution is -0.139. The Labute approximate surface area is 119 Å². The summed E-state index contributed by atoms with van der Waals surface area (Å²) in [7, 11) is 0. The molecule has 0 heterocycles. The summed E-state index contributed by atoms with van der Waals surface area (Å²) in [4.78, 5) is 24.7. The van der Waals surface area contributed by atoms with Crippen LogP contribution < -0.4 is 0 Å². The standard InChI is InChI=1S/C18H20O2/c1-3-13-11-16(19)17(20)18(13,4-2)15-10-9-12-7-5-6-8-14(12)15/h5-10,13,15H,3-4,11H2,1-2H3. The fourth-order valence-electron chi connectivity index (χ4n) is 4.22. The summed E-state index contributed by atoms with van der Waals surface area (Å²) in [6.45, 7) is 4.14. The van der Waals surface area contributed by atoms with Gasteiger partial charge in [-0.3, -0.25) is 9.59 Å². The van der Waals surface area contributed by atoms with E-state index in [-0.39, 0.29) is 23.4 Å². The first-order valence-corrected chi connectivity index (χ1v) is 7.49. The van der Waals surface area contributed by atoms with Crippen LogP contribution in [-0.2, 0) is 9.59 Å². The van der Waals surface area contributed by atoms with E-state index in [1.807, 2.05) is 19.1 Å². The maximum absolute atomic E-state index is 12.6. The highest BCUT2D eigenvalue weighted by Gasteiger charge is 2.57. The molecule has 2 aliphatic carbocycles. The summed E-state index contributed by atoms with van der Waals surface area (Å²) >= 11 is 0. The highest BCUT2D eigenvalue weighted by molar-refractivity contribution is 6.41. The first kappa shape index (κ1) is 13.3. The SMILES string of the molecule is CCC1CC(=O)C(=O)C1(CC)C1C=Cc2ccccc21. The third-order valence-corrected chi connectivity index (χ3v) is 5.27. The second-order valence-corrected chi connectivity index (χ2v) is 5.92. The second kappa shape index (κ2) is 4.69. The summed E-state index contributed by atoms with van der Waals surface area (Å²) < 4.78 is 0. The van der Waals surface area contributed by atoms with Gasteiger partial charge >= 0.3 is 0 Å². The van der Waals surface area contributed by atoms with E-state index in [4.69, 9.17) is 0 Å². The molecule has 0 bridgehead atoms. The van der Waals surface area contributed by atoms with Crippen LogP contribution >= 0.6 is 0 Å². The van der Waals surface area contributed by atoms with Gasteiger partial charge in [-0.2, -0.15) is 0 Å². The van der Waals surface area contributed by atoms with Crippen molar-refractivity contribution in [3.05, 3.63) is 41.5 Å². The Hall–Kier alpha value is -1.70. The van der Waals surface area contributed by atoms with Crippen molar-refractivity contribution in [2.75, 3.05) is 0 Å². The fraction of sp³-hybridized carbons (Fsp3) is 0.444. The van der Waals surface area contributed by atoms with E-state index < -0.39 is 5.41 Å². The number of fused-ring (bicyclic) bond motifs is 1. The quantitative estimate of drug-likeness (QED) is 0.782. The molecule has 0 saturated heterocycles. The number of hydrogen-bond acceptors (Lipinski definition) is 2. The maximum atomic E-state index is 12.6. The van der Waals surface area contributed by atoms with E-state index >= 15 is 0 Å². The van der Waals surface area contributed by atoms with Crippen molar-refractivity contribution in [3.63, 3.8) is 0 Å². The second-order valence-electron chi connectivity index (χ2n) is 5.92. The third-order valence-electron chi connectivity index (χ3n) is 5.27. The average molecular weight is 268 g/mol. The van der Waals surface area contributed by atoms with Crippen LogP contribution in [0.2, 0.25) is 0 Å². The Morgan fingerprint density at radius 3 is 2.65 bits per heavy atom.